The van der Waals surface area contributed by atoms with E-state index in [1.807, 2.05) is 6.07 Å². The minimum absolute atomic E-state index is 0.388. The van der Waals surface area contributed by atoms with E-state index in [0.717, 1.165) is 24.5 Å². The fourth-order valence-electron chi connectivity index (χ4n) is 2.76. The van der Waals surface area contributed by atoms with Crippen molar-refractivity contribution in [2.75, 3.05) is 0 Å². The average Bonchev–Trinajstić information content (AvgIpc) is 3.09. The highest BCUT2D eigenvalue weighted by atomic mass is 16.5. The van der Waals surface area contributed by atoms with Crippen LogP contribution in [0.4, 0.5) is 0 Å². The zero-order valence-corrected chi connectivity index (χ0v) is 10.3. The summed E-state index contributed by atoms with van der Waals surface area (Å²) in [6.45, 7) is 0. The lowest BCUT2D eigenvalue weighted by molar-refractivity contribution is 0.215. The zero-order valence-electron chi connectivity index (χ0n) is 10.3. The van der Waals surface area contributed by atoms with E-state index in [9.17, 15) is 0 Å². The van der Waals surface area contributed by atoms with Gasteiger partial charge in [-0.1, -0.05) is 18.2 Å². The molecule has 2 atom stereocenters. The maximum absolute atomic E-state index is 6.11. The number of benzene rings is 1. The normalized spacial score (nSPS) is 24.2. The second-order valence-electron chi connectivity index (χ2n) is 5.48. The van der Waals surface area contributed by atoms with Crippen molar-refractivity contribution in [2.45, 2.75) is 50.7 Å². The summed E-state index contributed by atoms with van der Waals surface area (Å²) in [7, 11) is 0. The van der Waals surface area contributed by atoms with Crippen LogP contribution in [0.15, 0.2) is 24.3 Å². The fraction of sp³-hybridized carbons (Fsp3) is 0.600. The molecular formula is C15H21NO. The average molecular weight is 231 g/mol. The molecule has 0 saturated heterocycles. The van der Waals surface area contributed by atoms with Crippen LogP contribution in [0.5, 0.6) is 5.75 Å². The highest BCUT2D eigenvalue weighted by Crippen LogP contribution is 2.34. The highest BCUT2D eigenvalue weighted by molar-refractivity contribution is 5.37. The van der Waals surface area contributed by atoms with Crippen LogP contribution in [0.1, 0.15) is 37.7 Å². The number of rotatable bonds is 5. The molecule has 1 heterocycles. The summed E-state index contributed by atoms with van der Waals surface area (Å²) < 4.78 is 5.92. The molecule has 2 aliphatic rings. The number of hydrogen-bond donors (Lipinski definition) is 1. The number of ether oxygens (including phenoxy) is 1. The maximum atomic E-state index is 6.11. The topological polar surface area (TPSA) is 35.2 Å². The van der Waals surface area contributed by atoms with E-state index in [0.29, 0.717) is 12.1 Å². The van der Waals surface area contributed by atoms with Crippen molar-refractivity contribution in [1.82, 2.24) is 0 Å². The summed E-state index contributed by atoms with van der Waals surface area (Å²) in [6.07, 6.45) is 7.69. The lowest BCUT2D eigenvalue weighted by Gasteiger charge is -2.13. The van der Waals surface area contributed by atoms with Gasteiger partial charge in [0.1, 0.15) is 11.9 Å². The van der Waals surface area contributed by atoms with Crippen LogP contribution >= 0.6 is 0 Å². The second kappa shape index (κ2) is 4.69. The van der Waals surface area contributed by atoms with Crippen LogP contribution in [0.3, 0.4) is 0 Å². The minimum atomic E-state index is 0.388. The number of fused-ring (bicyclic) bond motifs is 1. The summed E-state index contributed by atoms with van der Waals surface area (Å²) in [5, 5.41) is 0. The third kappa shape index (κ3) is 2.63. The minimum Gasteiger partial charge on any atom is -0.490 e. The lowest BCUT2D eigenvalue weighted by atomic mass is 10.0. The van der Waals surface area contributed by atoms with E-state index < -0.39 is 0 Å². The molecule has 1 aliphatic carbocycles. The quantitative estimate of drug-likeness (QED) is 0.845. The van der Waals surface area contributed by atoms with Gasteiger partial charge in [0.25, 0.3) is 0 Å². The molecule has 1 fully saturated rings. The first-order chi connectivity index (χ1) is 8.33. The Hall–Kier alpha value is -1.02. The van der Waals surface area contributed by atoms with E-state index in [-0.39, 0.29) is 0 Å². The van der Waals surface area contributed by atoms with Crippen molar-refractivity contribution in [3.63, 3.8) is 0 Å². The van der Waals surface area contributed by atoms with Gasteiger partial charge in [-0.05, 0) is 49.7 Å². The molecule has 2 nitrogen and oxygen atoms in total. The number of para-hydroxylation sites is 1. The lowest BCUT2D eigenvalue weighted by Crippen LogP contribution is -2.23. The molecule has 0 radical (unpaired) electrons. The third-order valence-corrected chi connectivity index (χ3v) is 4.00. The van der Waals surface area contributed by atoms with Crippen molar-refractivity contribution in [2.24, 2.45) is 11.7 Å². The molecule has 1 aromatic rings. The molecule has 2 N–H and O–H groups in total. The first-order valence-electron chi connectivity index (χ1n) is 6.83. The van der Waals surface area contributed by atoms with Crippen LogP contribution in [-0.4, -0.2) is 12.1 Å². The molecule has 0 spiro atoms. The standard InChI is InChI=1S/C15H21NO/c16-14(11-8-9-11)6-3-5-13-10-12-4-1-2-7-15(12)17-13/h1-2,4,7,11,13-14H,3,5-6,8-10,16H2. The van der Waals surface area contributed by atoms with Crippen molar-refractivity contribution in [1.29, 1.82) is 0 Å². The molecule has 1 aliphatic heterocycles. The molecule has 17 heavy (non-hydrogen) atoms. The largest absolute Gasteiger partial charge is 0.490 e. The Morgan fingerprint density at radius 1 is 1.29 bits per heavy atom. The molecule has 0 amide bonds. The first-order valence-corrected chi connectivity index (χ1v) is 6.83. The predicted molar refractivity (Wildman–Crippen MR) is 69.1 cm³/mol. The molecule has 3 rings (SSSR count). The SMILES string of the molecule is NC(CCCC1Cc2ccccc2O1)C1CC1. The van der Waals surface area contributed by atoms with Gasteiger partial charge >= 0.3 is 0 Å². The molecule has 2 heteroatoms. The Labute approximate surface area is 103 Å². The Bertz CT molecular complexity index is 361. The highest BCUT2D eigenvalue weighted by Gasteiger charge is 2.28. The molecule has 0 aromatic heterocycles. The smallest absolute Gasteiger partial charge is 0.123 e. The fourth-order valence-corrected chi connectivity index (χ4v) is 2.76. The van der Waals surface area contributed by atoms with E-state index >= 15 is 0 Å². The van der Waals surface area contributed by atoms with Gasteiger partial charge in [-0.3, -0.25) is 0 Å². The summed E-state index contributed by atoms with van der Waals surface area (Å²) in [5.41, 5.74) is 7.47. The summed E-state index contributed by atoms with van der Waals surface area (Å²) in [6, 6.07) is 8.83. The molecule has 1 aromatic carbocycles. The Morgan fingerprint density at radius 2 is 2.12 bits per heavy atom. The van der Waals surface area contributed by atoms with E-state index in [2.05, 4.69) is 18.2 Å². The van der Waals surface area contributed by atoms with Gasteiger partial charge in [0, 0.05) is 12.5 Å². The van der Waals surface area contributed by atoms with Crippen molar-refractivity contribution < 1.29 is 4.74 Å². The first kappa shape index (κ1) is 11.1. The van der Waals surface area contributed by atoms with Crippen LogP contribution < -0.4 is 10.5 Å². The van der Waals surface area contributed by atoms with E-state index in [1.54, 1.807) is 0 Å². The molecule has 2 unspecified atom stereocenters. The Kier molecular flexibility index (Phi) is 3.06. The van der Waals surface area contributed by atoms with Crippen LogP contribution in [0, 0.1) is 5.92 Å². The van der Waals surface area contributed by atoms with Gasteiger partial charge < -0.3 is 10.5 Å². The van der Waals surface area contributed by atoms with Crippen LogP contribution in [0.2, 0.25) is 0 Å². The summed E-state index contributed by atoms with van der Waals surface area (Å²) >= 11 is 0. The van der Waals surface area contributed by atoms with Crippen LogP contribution in [-0.2, 0) is 6.42 Å². The molecule has 1 saturated carbocycles. The summed E-state index contributed by atoms with van der Waals surface area (Å²) in [5.74, 6) is 1.92. The second-order valence-corrected chi connectivity index (χ2v) is 5.48. The Balaban J connectivity index is 1.43. The monoisotopic (exact) mass is 231 g/mol. The third-order valence-electron chi connectivity index (χ3n) is 4.00. The number of hydrogen-bond acceptors (Lipinski definition) is 2. The molecule has 92 valence electrons. The van der Waals surface area contributed by atoms with Crippen molar-refractivity contribution in [3.05, 3.63) is 29.8 Å². The van der Waals surface area contributed by atoms with Gasteiger partial charge in [-0.2, -0.15) is 0 Å². The molecular weight excluding hydrogens is 210 g/mol. The van der Waals surface area contributed by atoms with Gasteiger partial charge in [-0.25, -0.2) is 0 Å². The van der Waals surface area contributed by atoms with E-state index in [1.165, 1.54) is 31.2 Å². The van der Waals surface area contributed by atoms with Gasteiger partial charge in [0.15, 0.2) is 0 Å². The van der Waals surface area contributed by atoms with Crippen molar-refractivity contribution >= 4 is 0 Å². The molecule has 0 bridgehead atoms. The number of nitrogens with two attached hydrogens (primary N) is 1. The van der Waals surface area contributed by atoms with Crippen molar-refractivity contribution in [3.8, 4) is 5.75 Å². The Morgan fingerprint density at radius 3 is 2.88 bits per heavy atom. The zero-order chi connectivity index (χ0) is 11.7. The summed E-state index contributed by atoms with van der Waals surface area (Å²) in [4.78, 5) is 0. The maximum Gasteiger partial charge on any atom is 0.123 e. The predicted octanol–water partition coefficient (Wildman–Crippen LogP) is 2.90. The van der Waals surface area contributed by atoms with E-state index in [4.69, 9.17) is 10.5 Å². The van der Waals surface area contributed by atoms with Gasteiger partial charge in [0.2, 0.25) is 0 Å². The van der Waals surface area contributed by atoms with Crippen LogP contribution in [0.25, 0.3) is 0 Å². The van der Waals surface area contributed by atoms with Gasteiger partial charge in [-0.15, -0.1) is 0 Å². The van der Waals surface area contributed by atoms with Gasteiger partial charge in [0.05, 0.1) is 0 Å².